The van der Waals surface area contributed by atoms with E-state index in [1.54, 1.807) is 6.08 Å². The van der Waals surface area contributed by atoms with Crippen LogP contribution < -0.4 is 16.6 Å². The summed E-state index contributed by atoms with van der Waals surface area (Å²) in [5.41, 5.74) is 1.16. The normalized spacial score (nSPS) is 11.2. The second-order valence-corrected chi connectivity index (χ2v) is 5.91. The van der Waals surface area contributed by atoms with Gasteiger partial charge < -0.3 is 5.32 Å². The van der Waals surface area contributed by atoms with E-state index in [1.807, 2.05) is 24.3 Å². The molecule has 0 aliphatic rings. The lowest BCUT2D eigenvalue weighted by atomic mass is 10.0. The maximum absolute atomic E-state index is 12.0. The summed E-state index contributed by atoms with van der Waals surface area (Å²) < 4.78 is 2.19. The number of nitrogens with zero attached hydrogens (tertiary/aromatic N) is 2. The van der Waals surface area contributed by atoms with Crippen LogP contribution in [-0.2, 0) is 18.9 Å². The number of nitrogens with one attached hydrogen (secondary N) is 1. The summed E-state index contributed by atoms with van der Waals surface area (Å²) in [6.45, 7) is 4.24. The van der Waals surface area contributed by atoms with Crippen LogP contribution >= 0.6 is 0 Å². The predicted octanol–water partition coefficient (Wildman–Crippen LogP) is 1.86. The molecule has 1 amide bonds. The van der Waals surface area contributed by atoms with Crippen molar-refractivity contribution in [1.29, 1.82) is 0 Å². The first-order valence-corrected chi connectivity index (χ1v) is 7.65. The molecule has 0 saturated carbocycles. The van der Waals surface area contributed by atoms with Gasteiger partial charge in [0.05, 0.1) is 0 Å². The Morgan fingerprint density at radius 2 is 1.71 bits per heavy atom. The highest BCUT2D eigenvalue weighted by molar-refractivity contribution is 6.01. The summed E-state index contributed by atoms with van der Waals surface area (Å²) in [4.78, 5) is 35.5. The van der Waals surface area contributed by atoms with Gasteiger partial charge in [0.1, 0.15) is 5.82 Å². The van der Waals surface area contributed by atoms with Gasteiger partial charge in [-0.25, -0.2) is 4.79 Å². The van der Waals surface area contributed by atoms with Crippen molar-refractivity contribution in [2.75, 3.05) is 5.32 Å². The number of amides is 1. The van der Waals surface area contributed by atoms with E-state index in [4.69, 9.17) is 0 Å². The summed E-state index contributed by atoms with van der Waals surface area (Å²) >= 11 is 0. The molecule has 0 fully saturated rings. The van der Waals surface area contributed by atoms with Crippen LogP contribution in [0.1, 0.15) is 30.9 Å². The minimum atomic E-state index is -0.494. The van der Waals surface area contributed by atoms with Crippen molar-refractivity contribution in [1.82, 2.24) is 9.13 Å². The molecule has 1 aromatic carbocycles. The van der Waals surface area contributed by atoms with Crippen molar-refractivity contribution in [3.8, 4) is 0 Å². The number of carbonyl (C=O) groups is 1. The highest BCUT2D eigenvalue weighted by Gasteiger charge is 2.07. The standard InChI is InChI=1S/C18H21N3O3/c1-12(2)14-8-5-13(6-9-14)7-10-16(22)19-15-11-17(23)21(4)18(24)20(15)3/h5-12H,1-4H3,(H,19,22)/b10-7+. The van der Waals surface area contributed by atoms with Gasteiger partial charge in [-0.3, -0.25) is 18.7 Å². The zero-order chi connectivity index (χ0) is 17.9. The fourth-order valence-corrected chi connectivity index (χ4v) is 2.18. The maximum Gasteiger partial charge on any atom is 0.332 e. The van der Waals surface area contributed by atoms with Crippen LogP contribution in [0, 0.1) is 0 Å². The van der Waals surface area contributed by atoms with Crippen molar-refractivity contribution in [3.05, 3.63) is 68.4 Å². The van der Waals surface area contributed by atoms with Crippen LogP contribution in [0.3, 0.4) is 0 Å². The van der Waals surface area contributed by atoms with E-state index in [0.29, 0.717) is 5.92 Å². The lowest BCUT2D eigenvalue weighted by Crippen LogP contribution is -2.37. The first kappa shape index (κ1) is 17.5. The average Bonchev–Trinajstić information content (AvgIpc) is 2.56. The van der Waals surface area contributed by atoms with Gasteiger partial charge in [0, 0.05) is 26.2 Å². The number of hydrogen-bond donors (Lipinski definition) is 1. The Hall–Kier alpha value is -2.89. The molecule has 0 atom stereocenters. The van der Waals surface area contributed by atoms with Gasteiger partial charge in [-0.05, 0) is 23.1 Å². The second kappa shape index (κ2) is 7.12. The van der Waals surface area contributed by atoms with Crippen molar-refractivity contribution >= 4 is 17.8 Å². The van der Waals surface area contributed by atoms with E-state index in [-0.39, 0.29) is 5.82 Å². The smallest absolute Gasteiger partial charge is 0.308 e. The Labute approximate surface area is 140 Å². The van der Waals surface area contributed by atoms with E-state index >= 15 is 0 Å². The molecule has 2 aromatic rings. The monoisotopic (exact) mass is 327 g/mol. The predicted molar refractivity (Wildman–Crippen MR) is 95.1 cm³/mol. The van der Waals surface area contributed by atoms with Crippen LogP contribution in [0.2, 0.25) is 0 Å². The van der Waals surface area contributed by atoms with Gasteiger partial charge in [-0.15, -0.1) is 0 Å². The van der Waals surface area contributed by atoms with Gasteiger partial charge in [-0.1, -0.05) is 38.1 Å². The Balaban J connectivity index is 2.14. The second-order valence-electron chi connectivity index (χ2n) is 5.91. The first-order chi connectivity index (χ1) is 11.3. The highest BCUT2D eigenvalue weighted by Crippen LogP contribution is 2.15. The minimum Gasteiger partial charge on any atom is -0.308 e. The van der Waals surface area contributed by atoms with Gasteiger partial charge in [-0.2, -0.15) is 0 Å². The molecule has 0 unspecified atom stereocenters. The van der Waals surface area contributed by atoms with Crippen molar-refractivity contribution in [2.24, 2.45) is 14.1 Å². The van der Waals surface area contributed by atoms with Crippen molar-refractivity contribution < 1.29 is 4.79 Å². The molecule has 0 radical (unpaired) electrons. The van der Waals surface area contributed by atoms with Crippen LogP contribution in [0.25, 0.3) is 6.08 Å². The van der Waals surface area contributed by atoms with E-state index in [0.717, 1.165) is 10.1 Å². The molecule has 1 aromatic heterocycles. The maximum atomic E-state index is 12.0. The van der Waals surface area contributed by atoms with Crippen molar-refractivity contribution in [2.45, 2.75) is 19.8 Å². The molecule has 2 rings (SSSR count). The van der Waals surface area contributed by atoms with Crippen LogP contribution in [0.5, 0.6) is 0 Å². The number of carbonyl (C=O) groups excluding carboxylic acids is 1. The van der Waals surface area contributed by atoms with Crippen LogP contribution in [-0.4, -0.2) is 15.0 Å². The Bertz CT molecular complexity index is 887. The van der Waals surface area contributed by atoms with E-state index < -0.39 is 17.2 Å². The summed E-state index contributed by atoms with van der Waals surface area (Å²) in [6.07, 6.45) is 3.05. The third-order valence-electron chi connectivity index (χ3n) is 3.81. The molecule has 0 saturated heterocycles. The van der Waals surface area contributed by atoms with Crippen molar-refractivity contribution in [3.63, 3.8) is 0 Å². The summed E-state index contributed by atoms with van der Waals surface area (Å²) in [6, 6.07) is 9.13. The third-order valence-corrected chi connectivity index (χ3v) is 3.81. The largest absolute Gasteiger partial charge is 0.332 e. The van der Waals surface area contributed by atoms with E-state index in [1.165, 1.54) is 36.4 Å². The number of aromatic nitrogens is 2. The molecule has 0 spiro atoms. The minimum absolute atomic E-state index is 0.160. The molecule has 24 heavy (non-hydrogen) atoms. The molecule has 1 N–H and O–H groups in total. The van der Waals surface area contributed by atoms with E-state index in [9.17, 15) is 14.4 Å². The molecule has 0 aliphatic heterocycles. The summed E-state index contributed by atoms with van der Waals surface area (Å²) in [5.74, 6) is 0.201. The molecule has 0 aliphatic carbocycles. The summed E-state index contributed by atoms with van der Waals surface area (Å²) in [7, 11) is 2.88. The molecule has 0 bridgehead atoms. The molecule has 6 heteroatoms. The Morgan fingerprint density at radius 3 is 2.29 bits per heavy atom. The topological polar surface area (TPSA) is 73.1 Å². The number of hydrogen-bond acceptors (Lipinski definition) is 3. The SMILES string of the molecule is CC(C)c1ccc(/C=C/C(=O)Nc2cc(=O)n(C)c(=O)n2C)cc1. The lowest BCUT2D eigenvalue weighted by molar-refractivity contribution is -0.111. The molecule has 1 heterocycles. The highest BCUT2D eigenvalue weighted by atomic mass is 16.2. The van der Waals surface area contributed by atoms with E-state index in [2.05, 4.69) is 19.2 Å². The zero-order valence-corrected chi connectivity index (χ0v) is 14.2. The first-order valence-electron chi connectivity index (χ1n) is 7.65. The molecular weight excluding hydrogens is 306 g/mol. The average molecular weight is 327 g/mol. The molecular formula is C18H21N3O3. The molecule has 126 valence electrons. The molecule has 6 nitrogen and oxygen atoms in total. The van der Waals surface area contributed by atoms with Gasteiger partial charge >= 0.3 is 5.69 Å². The van der Waals surface area contributed by atoms with Gasteiger partial charge in [0.2, 0.25) is 5.91 Å². The Kier molecular flexibility index (Phi) is 5.18. The third kappa shape index (κ3) is 3.90. The van der Waals surface area contributed by atoms with Gasteiger partial charge in [0.15, 0.2) is 0 Å². The number of benzene rings is 1. The number of anilines is 1. The van der Waals surface area contributed by atoms with Gasteiger partial charge in [0.25, 0.3) is 5.56 Å². The number of rotatable bonds is 4. The summed E-state index contributed by atoms with van der Waals surface area (Å²) in [5, 5.41) is 2.54. The lowest BCUT2D eigenvalue weighted by Gasteiger charge is -2.09. The fourth-order valence-electron chi connectivity index (χ4n) is 2.18. The fraction of sp³-hybridized carbons (Fsp3) is 0.278. The Morgan fingerprint density at radius 1 is 1.08 bits per heavy atom. The zero-order valence-electron chi connectivity index (χ0n) is 14.2. The van der Waals surface area contributed by atoms with Crippen LogP contribution in [0.4, 0.5) is 5.82 Å². The van der Waals surface area contributed by atoms with Crippen LogP contribution in [0.15, 0.2) is 46.0 Å². The quantitative estimate of drug-likeness (QED) is 0.871.